The Hall–Kier alpha value is -2.87. The number of nitrogens with one attached hydrogen (secondary N) is 1. The van der Waals surface area contributed by atoms with E-state index in [1.807, 2.05) is 63.2 Å². The predicted octanol–water partition coefficient (Wildman–Crippen LogP) is 5.37. The van der Waals surface area contributed by atoms with Crippen LogP contribution in [0.1, 0.15) is 16.7 Å². The lowest BCUT2D eigenvalue weighted by Crippen LogP contribution is -2.16. The highest BCUT2D eigenvalue weighted by Gasteiger charge is 2.19. The number of rotatable bonds is 5. The third kappa shape index (κ3) is 4.65. The van der Waals surface area contributed by atoms with Crippen LogP contribution >= 0.6 is 0 Å². The lowest BCUT2D eigenvalue weighted by Gasteiger charge is -2.16. The van der Waals surface area contributed by atoms with Crippen molar-refractivity contribution in [2.24, 2.45) is 0 Å². The fourth-order valence-electron chi connectivity index (χ4n) is 3.86. The lowest BCUT2D eigenvalue weighted by molar-refractivity contribution is 0.598. The molecule has 0 radical (unpaired) electrons. The second-order valence-electron chi connectivity index (χ2n) is 8.00. The highest BCUT2D eigenvalue weighted by atomic mass is 32.2. The van der Waals surface area contributed by atoms with Gasteiger partial charge in [-0.15, -0.1) is 0 Å². The first kappa shape index (κ1) is 22.3. The maximum atomic E-state index is 13.0. The van der Waals surface area contributed by atoms with Crippen LogP contribution in [-0.2, 0) is 21.2 Å². The van der Waals surface area contributed by atoms with Crippen molar-refractivity contribution in [3.63, 3.8) is 0 Å². The van der Waals surface area contributed by atoms with Crippen LogP contribution in [0.25, 0.3) is 22.0 Å². The van der Waals surface area contributed by atoms with Crippen LogP contribution in [0.15, 0.2) is 76.5 Å². The van der Waals surface area contributed by atoms with Crippen LogP contribution in [0.3, 0.4) is 0 Å². The molecule has 1 N–H and O–H groups in total. The number of benzene rings is 3. The number of fused-ring (bicyclic) bond motifs is 1. The molecule has 7 heteroatoms. The van der Waals surface area contributed by atoms with Crippen LogP contribution in [0.5, 0.6) is 0 Å². The number of anilines is 1. The summed E-state index contributed by atoms with van der Waals surface area (Å²) < 4.78 is 39.3. The number of nitrogens with zero attached hydrogens (tertiary/aromatic N) is 1. The van der Waals surface area contributed by atoms with Gasteiger partial charge < -0.3 is 4.55 Å². The number of aromatic nitrogens is 1. The molecule has 0 saturated heterocycles. The summed E-state index contributed by atoms with van der Waals surface area (Å²) in [5.74, 6) is 0.542. The van der Waals surface area contributed by atoms with Gasteiger partial charge in [-0.3, -0.25) is 0 Å². The van der Waals surface area contributed by atoms with Crippen LogP contribution < -0.4 is 4.72 Å². The largest absolute Gasteiger partial charge is 0.588 e. The van der Waals surface area contributed by atoms with Gasteiger partial charge in [-0.1, -0.05) is 35.9 Å². The van der Waals surface area contributed by atoms with Crippen molar-refractivity contribution in [2.75, 3.05) is 11.0 Å². The minimum Gasteiger partial charge on any atom is -0.588 e. The van der Waals surface area contributed by atoms with Crippen molar-refractivity contribution in [1.82, 2.24) is 4.98 Å². The van der Waals surface area contributed by atoms with E-state index in [1.54, 1.807) is 24.3 Å². The van der Waals surface area contributed by atoms with Crippen LogP contribution in [0, 0.1) is 20.8 Å². The van der Waals surface area contributed by atoms with Crippen molar-refractivity contribution in [1.29, 1.82) is 0 Å². The van der Waals surface area contributed by atoms with E-state index >= 15 is 0 Å². The Morgan fingerprint density at radius 1 is 0.844 bits per heavy atom. The van der Waals surface area contributed by atoms with Gasteiger partial charge >= 0.3 is 0 Å². The summed E-state index contributed by atoms with van der Waals surface area (Å²) in [5, 5.41) is 0.939. The fourth-order valence-corrected chi connectivity index (χ4v) is 5.60. The molecule has 4 aromatic rings. The topological polar surface area (TPSA) is 82.1 Å². The number of hydrogen-bond acceptors (Lipinski definition) is 5. The molecule has 1 unspecified atom stereocenters. The van der Waals surface area contributed by atoms with Gasteiger partial charge in [0.15, 0.2) is 20.6 Å². The molecule has 5 nitrogen and oxygen atoms in total. The van der Waals surface area contributed by atoms with Gasteiger partial charge in [-0.2, -0.15) is 4.72 Å². The molecule has 0 saturated carbocycles. The molecule has 0 bridgehead atoms. The second kappa shape index (κ2) is 8.58. The van der Waals surface area contributed by atoms with Gasteiger partial charge in [0.1, 0.15) is 11.4 Å². The maximum absolute atomic E-state index is 13.0. The van der Waals surface area contributed by atoms with E-state index in [0.29, 0.717) is 10.7 Å². The quantitative estimate of drug-likeness (QED) is 0.402. The minimum atomic E-state index is -3.22. The summed E-state index contributed by atoms with van der Waals surface area (Å²) >= 11 is -1.41. The Morgan fingerprint density at radius 2 is 1.47 bits per heavy atom. The standard InChI is InChI=1S/C25H24N2O3S2/c1-16-13-17(2)25(18(3)14-16)31(28)27-24-12-8-21-15-20(7-11-23(21)26-24)19-5-9-22(10-6-19)32(4,29)30/h5-15H,1-4H3,(H,26,27). The Labute approximate surface area is 191 Å². The SMILES string of the molecule is Cc1cc(C)c([S+]([O-])Nc2ccc3cc(-c4ccc(S(C)(=O)=O)cc4)ccc3n2)c(C)c1. The van der Waals surface area contributed by atoms with Gasteiger partial charge in [0, 0.05) is 22.8 Å². The fraction of sp³-hybridized carbons (Fsp3) is 0.160. The van der Waals surface area contributed by atoms with E-state index in [9.17, 15) is 13.0 Å². The normalized spacial score (nSPS) is 12.7. The van der Waals surface area contributed by atoms with Crippen LogP contribution in [-0.4, -0.2) is 24.2 Å². The summed E-state index contributed by atoms with van der Waals surface area (Å²) in [6, 6.07) is 20.5. The third-order valence-electron chi connectivity index (χ3n) is 5.29. The van der Waals surface area contributed by atoms with E-state index in [-0.39, 0.29) is 0 Å². The van der Waals surface area contributed by atoms with E-state index in [1.165, 1.54) is 6.26 Å². The molecule has 0 spiro atoms. The van der Waals surface area contributed by atoms with Gasteiger partial charge in [-0.05, 0) is 68.3 Å². The van der Waals surface area contributed by atoms with Crippen LogP contribution in [0.4, 0.5) is 5.82 Å². The zero-order valence-electron chi connectivity index (χ0n) is 18.3. The van der Waals surface area contributed by atoms with Gasteiger partial charge in [0.25, 0.3) is 0 Å². The molecule has 1 atom stereocenters. The van der Waals surface area contributed by atoms with Gasteiger partial charge in [0.05, 0.1) is 10.4 Å². The molecule has 1 aromatic heterocycles. The molecule has 0 aliphatic rings. The lowest BCUT2D eigenvalue weighted by atomic mass is 10.0. The van der Waals surface area contributed by atoms with E-state index in [4.69, 9.17) is 0 Å². The summed E-state index contributed by atoms with van der Waals surface area (Å²) in [4.78, 5) is 5.70. The van der Waals surface area contributed by atoms with Crippen LogP contribution in [0.2, 0.25) is 0 Å². The third-order valence-corrected chi connectivity index (χ3v) is 7.83. The highest BCUT2D eigenvalue weighted by molar-refractivity contribution is 7.92. The van der Waals surface area contributed by atoms with E-state index in [2.05, 4.69) is 9.71 Å². The predicted molar refractivity (Wildman–Crippen MR) is 131 cm³/mol. The molecule has 1 heterocycles. The number of hydrogen-bond donors (Lipinski definition) is 1. The molecule has 0 fully saturated rings. The van der Waals surface area contributed by atoms with Gasteiger partial charge in [-0.25, -0.2) is 13.4 Å². The van der Waals surface area contributed by atoms with Crippen molar-refractivity contribution in [3.8, 4) is 11.1 Å². The summed E-state index contributed by atoms with van der Waals surface area (Å²) in [7, 11) is -3.22. The van der Waals surface area contributed by atoms with Crippen molar-refractivity contribution in [3.05, 3.63) is 83.4 Å². The molecule has 3 aromatic carbocycles. The molecule has 0 aliphatic heterocycles. The molecule has 0 amide bonds. The first-order chi connectivity index (χ1) is 15.1. The monoisotopic (exact) mass is 464 g/mol. The maximum Gasteiger partial charge on any atom is 0.185 e. The zero-order valence-corrected chi connectivity index (χ0v) is 20.0. The highest BCUT2D eigenvalue weighted by Crippen LogP contribution is 2.27. The van der Waals surface area contributed by atoms with Crippen molar-refractivity contribution < 1.29 is 13.0 Å². The Balaban J connectivity index is 1.59. The van der Waals surface area contributed by atoms with Crippen molar-refractivity contribution >= 4 is 37.9 Å². The average molecular weight is 465 g/mol. The average Bonchev–Trinajstić information content (AvgIpc) is 2.72. The Morgan fingerprint density at radius 3 is 2.09 bits per heavy atom. The van der Waals surface area contributed by atoms with Gasteiger partial charge in [0.2, 0.25) is 0 Å². The first-order valence-electron chi connectivity index (χ1n) is 10.1. The molecule has 164 valence electrons. The summed E-state index contributed by atoms with van der Waals surface area (Å²) in [5.41, 5.74) is 5.79. The summed E-state index contributed by atoms with van der Waals surface area (Å²) in [6.45, 7) is 5.96. The number of aryl methyl sites for hydroxylation is 3. The number of pyridine rings is 1. The first-order valence-corrected chi connectivity index (χ1v) is 13.1. The molecule has 0 aliphatic carbocycles. The smallest absolute Gasteiger partial charge is 0.185 e. The molecule has 32 heavy (non-hydrogen) atoms. The Bertz CT molecular complexity index is 1390. The molecular weight excluding hydrogens is 440 g/mol. The second-order valence-corrected chi connectivity index (χ2v) is 11.2. The molecular formula is C25H24N2O3S2. The van der Waals surface area contributed by atoms with Crippen molar-refractivity contribution in [2.45, 2.75) is 30.6 Å². The number of sulfone groups is 1. The zero-order chi connectivity index (χ0) is 23.0. The Kier molecular flexibility index (Phi) is 5.99. The molecule has 4 rings (SSSR count). The van der Waals surface area contributed by atoms with E-state index in [0.717, 1.165) is 43.6 Å². The minimum absolute atomic E-state index is 0.298. The van der Waals surface area contributed by atoms with E-state index < -0.39 is 21.2 Å². The summed E-state index contributed by atoms with van der Waals surface area (Å²) in [6.07, 6.45) is 1.20.